The number of fused-ring (bicyclic) bond motifs is 1. The summed E-state index contributed by atoms with van der Waals surface area (Å²) in [5, 5.41) is 13.3. The van der Waals surface area contributed by atoms with Crippen LogP contribution in [0.5, 0.6) is 11.6 Å². The number of methoxy groups -OCH3 is 1. The van der Waals surface area contributed by atoms with E-state index in [-0.39, 0.29) is 40.8 Å². The van der Waals surface area contributed by atoms with Crippen LogP contribution in [0.2, 0.25) is 5.02 Å². The van der Waals surface area contributed by atoms with Gasteiger partial charge in [0.1, 0.15) is 28.9 Å². The molecule has 1 amide bonds. The molecule has 0 unspecified atom stereocenters. The van der Waals surface area contributed by atoms with Crippen LogP contribution in [-0.4, -0.2) is 45.0 Å². The fourth-order valence-electron chi connectivity index (χ4n) is 3.51. The van der Waals surface area contributed by atoms with Crippen LogP contribution >= 0.6 is 11.6 Å². The van der Waals surface area contributed by atoms with Crippen molar-refractivity contribution in [2.24, 2.45) is 0 Å². The second-order valence-corrected chi connectivity index (χ2v) is 7.98. The third kappa shape index (κ3) is 4.59. The summed E-state index contributed by atoms with van der Waals surface area (Å²) in [5.74, 6) is -1.58. The van der Waals surface area contributed by atoms with E-state index < -0.39 is 29.8 Å². The molecule has 1 atom stereocenters. The lowest BCUT2D eigenvalue weighted by molar-refractivity contribution is -0.189. The lowest BCUT2D eigenvalue weighted by Crippen LogP contribution is -2.33. The summed E-state index contributed by atoms with van der Waals surface area (Å²) in [6.45, 7) is 0.832. The molecule has 0 bridgehead atoms. The molecule has 13 heteroatoms. The van der Waals surface area contributed by atoms with Gasteiger partial charge in [0, 0.05) is 24.4 Å². The number of rotatable bonds is 5. The van der Waals surface area contributed by atoms with Gasteiger partial charge in [-0.05, 0) is 19.1 Å². The van der Waals surface area contributed by atoms with Gasteiger partial charge in [0.05, 0.1) is 36.1 Å². The molecule has 3 aromatic rings. The molecule has 0 saturated carbocycles. The van der Waals surface area contributed by atoms with Crippen molar-refractivity contribution < 1.29 is 31.8 Å². The second-order valence-electron chi connectivity index (χ2n) is 7.60. The first-order valence-electron chi connectivity index (χ1n) is 10.1. The lowest BCUT2D eigenvalue weighted by Gasteiger charge is -2.23. The van der Waals surface area contributed by atoms with E-state index in [1.165, 1.54) is 28.8 Å². The van der Waals surface area contributed by atoms with Crippen LogP contribution in [-0.2, 0) is 13.1 Å². The van der Waals surface area contributed by atoms with Crippen molar-refractivity contribution in [1.82, 2.24) is 19.7 Å². The van der Waals surface area contributed by atoms with Gasteiger partial charge in [0.2, 0.25) is 5.88 Å². The van der Waals surface area contributed by atoms with Gasteiger partial charge in [-0.2, -0.15) is 23.5 Å². The van der Waals surface area contributed by atoms with E-state index in [0.717, 1.165) is 19.2 Å². The number of carbonyl (C=O) groups excluding carboxylic acids is 1. The molecule has 0 aliphatic carbocycles. The van der Waals surface area contributed by atoms with Crippen molar-refractivity contribution >= 4 is 17.5 Å². The number of pyridine rings is 1. The maximum atomic E-state index is 13.7. The average molecular weight is 510 g/mol. The summed E-state index contributed by atoms with van der Waals surface area (Å²) in [6.07, 6.45) is -4.33. The SMILES string of the molecule is COc1ncc(F)cc1-n1cc2c(n1)CN(C(=O)c1c(O[C@@H](C)C(F)(F)F)ccc(C#N)c1Cl)C2. The number of aromatic nitrogens is 3. The topological polar surface area (TPSA) is 93.3 Å². The Morgan fingerprint density at radius 2 is 2.06 bits per heavy atom. The van der Waals surface area contributed by atoms with Crippen LogP contribution in [0.4, 0.5) is 17.6 Å². The maximum absolute atomic E-state index is 13.7. The molecule has 182 valence electrons. The van der Waals surface area contributed by atoms with Crippen molar-refractivity contribution in [3.63, 3.8) is 0 Å². The summed E-state index contributed by atoms with van der Waals surface area (Å²) in [6, 6.07) is 5.28. The van der Waals surface area contributed by atoms with Crippen molar-refractivity contribution in [2.45, 2.75) is 32.3 Å². The minimum absolute atomic E-state index is 0.00635. The zero-order valence-electron chi connectivity index (χ0n) is 18.2. The Morgan fingerprint density at radius 1 is 1.31 bits per heavy atom. The zero-order valence-corrected chi connectivity index (χ0v) is 19.0. The molecule has 0 fully saturated rings. The molecule has 1 aromatic carbocycles. The van der Waals surface area contributed by atoms with Crippen LogP contribution in [0.25, 0.3) is 5.69 Å². The molecule has 2 aromatic heterocycles. The molecule has 0 spiro atoms. The molecule has 4 rings (SSSR count). The van der Waals surface area contributed by atoms with Gasteiger partial charge in [-0.1, -0.05) is 11.6 Å². The molecule has 8 nitrogen and oxygen atoms in total. The van der Waals surface area contributed by atoms with Gasteiger partial charge in [0.15, 0.2) is 6.10 Å². The van der Waals surface area contributed by atoms with E-state index in [1.54, 1.807) is 12.3 Å². The van der Waals surface area contributed by atoms with Gasteiger partial charge < -0.3 is 14.4 Å². The number of carbonyl (C=O) groups is 1. The minimum atomic E-state index is -4.68. The standard InChI is InChI=1S/C22H16ClF4N5O3/c1-11(22(25,26)27)35-17-4-3-12(6-28)19(23)18(17)21(33)31-8-13-9-32(30-15(13)10-31)16-5-14(24)7-29-20(16)34-2/h3-5,7,9,11H,8,10H2,1-2H3/t11-/m0/s1. The Balaban J connectivity index is 1.63. The molecule has 0 N–H and O–H groups in total. The van der Waals surface area contributed by atoms with Crippen LogP contribution in [0.3, 0.4) is 0 Å². The lowest BCUT2D eigenvalue weighted by atomic mass is 10.1. The van der Waals surface area contributed by atoms with Crippen molar-refractivity contribution in [3.8, 4) is 23.4 Å². The normalized spacial score (nSPS) is 13.8. The first-order chi connectivity index (χ1) is 16.5. The molecular formula is C22H16ClF4N5O3. The summed E-state index contributed by atoms with van der Waals surface area (Å²) < 4.78 is 64.4. The van der Waals surface area contributed by atoms with Crippen molar-refractivity contribution in [3.05, 3.63) is 63.8 Å². The maximum Gasteiger partial charge on any atom is 0.425 e. The van der Waals surface area contributed by atoms with Crippen LogP contribution in [0.15, 0.2) is 30.6 Å². The Hall–Kier alpha value is -3.85. The van der Waals surface area contributed by atoms with E-state index in [1.807, 2.05) is 0 Å². The van der Waals surface area contributed by atoms with E-state index in [4.69, 9.17) is 21.1 Å². The minimum Gasteiger partial charge on any atom is -0.480 e. The average Bonchev–Trinajstić information content (AvgIpc) is 3.38. The highest BCUT2D eigenvalue weighted by Crippen LogP contribution is 2.36. The molecule has 0 saturated heterocycles. The number of hydrogen-bond donors (Lipinski definition) is 0. The fraction of sp³-hybridized carbons (Fsp3) is 0.273. The van der Waals surface area contributed by atoms with Gasteiger partial charge >= 0.3 is 6.18 Å². The third-order valence-electron chi connectivity index (χ3n) is 5.31. The molecule has 3 heterocycles. The molecule has 0 radical (unpaired) electrons. The van der Waals surface area contributed by atoms with Gasteiger partial charge in [-0.15, -0.1) is 0 Å². The number of hydrogen-bond acceptors (Lipinski definition) is 6. The number of nitrogens with zero attached hydrogens (tertiary/aromatic N) is 5. The van der Waals surface area contributed by atoms with Crippen LogP contribution < -0.4 is 9.47 Å². The van der Waals surface area contributed by atoms with Gasteiger partial charge in [-0.25, -0.2) is 14.1 Å². The summed E-state index contributed by atoms with van der Waals surface area (Å²) in [7, 11) is 1.37. The summed E-state index contributed by atoms with van der Waals surface area (Å²) in [5.41, 5.74) is 0.902. The van der Waals surface area contributed by atoms with E-state index >= 15 is 0 Å². The third-order valence-corrected chi connectivity index (χ3v) is 5.70. The number of halogens is 5. The molecule has 1 aliphatic rings. The van der Waals surface area contributed by atoms with Gasteiger partial charge in [-0.3, -0.25) is 4.79 Å². The summed E-state index contributed by atoms with van der Waals surface area (Å²) >= 11 is 6.22. The number of nitriles is 1. The summed E-state index contributed by atoms with van der Waals surface area (Å²) in [4.78, 5) is 18.5. The Labute approximate surface area is 201 Å². The first kappa shape index (κ1) is 24.3. The monoisotopic (exact) mass is 509 g/mol. The van der Waals surface area contributed by atoms with E-state index in [9.17, 15) is 27.6 Å². The van der Waals surface area contributed by atoms with Crippen LogP contribution in [0, 0.1) is 17.1 Å². The highest BCUT2D eigenvalue weighted by Gasteiger charge is 2.39. The molecule has 1 aliphatic heterocycles. The predicted octanol–water partition coefficient (Wildman–Crippen LogP) is 4.43. The zero-order chi connectivity index (χ0) is 25.5. The second kappa shape index (κ2) is 9.07. The van der Waals surface area contributed by atoms with Crippen LogP contribution in [0.1, 0.15) is 34.1 Å². The highest BCUT2D eigenvalue weighted by molar-refractivity contribution is 6.35. The number of ether oxygens (including phenoxy) is 2. The van der Waals surface area contributed by atoms with E-state index in [2.05, 4.69) is 10.1 Å². The molecular weight excluding hydrogens is 494 g/mol. The quantitative estimate of drug-likeness (QED) is 0.473. The first-order valence-corrected chi connectivity index (χ1v) is 10.4. The Kier molecular flexibility index (Phi) is 6.29. The smallest absolute Gasteiger partial charge is 0.425 e. The Morgan fingerprint density at radius 3 is 2.69 bits per heavy atom. The number of benzene rings is 1. The van der Waals surface area contributed by atoms with Crippen molar-refractivity contribution in [2.75, 3.05) is 7.11 Å². The molecule has 35 heavy (non-hydrogen) atoms. The highest BCUT2D eigenvalue weighted by atomic mass is 35.5. The largest absolute Gasteiger partial charge is 0.480 e. The van der Waals surface area contributed by atoms with Gasteiger partial charge in [0.25, 0.3) is 5.91 Å². The predicted molar refractivity (Wildman–Crippen MR) is 114 cm³/mol. The Bertz CT molecular complexity index is 1330. The van der Waals surface area contributed by atoms with Crippen molar-refractivity contribution in [1.29, 1.82) is 5.26 Å². The fourth-order valence-corrected chi connectivity index (χ4v) is 3.79. The number of amides is 1. The van der Waals surface area contributed by atoms with E-state index in [0.29, 0.717) is 11.3 Å². The number of alkyl halides is 3.